The zero-order chi connectivity index (χ0) is 13.2. The number of hydrogen-bond acceptors (Lipinski definition) is 2. The van der Waals surface area contributed by atoms with Crippen molar-refractivity contribution in [2.75, 3.05) is 5.73 Å². The van der Waals surface area contributed by atoms with Crippen molar-refractivity contribution in [2.24, 2.45) is 0 Å². The second kappa shape index (κ2) is 5.09. The van der Waals surface area contributed by atoms with E-state index in [1.165, 1.54) is 24.6 Å². The molecule has 17 heavy (non-hydrogen) atoms. The van der Waals surface area contributed by atoms with Crippen LogP contribution >= 0.6 is 11.6 Å². The molecule has 1 aromatic carbocycles. The smallest absolute Gasteiger partial charge is 0.0467 e. The molecule has 2 rings (SSSR count). The lowest BCUT2D eigenvalue weighted by Crippen LogP contribution is -2.08. The molecule has 0 bridgehead atoms. The van der Waals surface area contributed by atoms with Crippen LogP contribution in [0.1, 0.15) is 50.3 Å². The van der Waals surface area contributed by atoms with Crippen LogP contribution in [0.25, 0.3) is 0 Å². The molecule has 0 amide bonds. The number of nitrogen functional groups attached to an aromatic ring is 1. The average molecular weight is 253 g/mol. The van der Waals surface area contributed by atoms with Crippen LogP contribution in [-0.2, 0) is 5.41 Å². The van der Waals surface area contributed by atoms with E-state index in [-0.39, 0.29) is 5.41 Å². The largest absolute Gasteiger partial charge is 0.398 e. The Labute approximate surface area is 109 Å². The zero-order valence-electron chi connectivity index (χ0n) is 11.0. The molecule has 2 nitrogen and oxygen atoms in total. The summed E-state index contributed by atoms with van der Waals surface area (Å²) in [5, 5.41) is 8.12. The maximum absolute atomic E-state index is 7.37. The molecule has 0 aromatic heterocycles. The quantitative estimate of drug-likeness (QED) is 0.598. The molecule has 94 valence electrons. The van der Waals surface area contributed by atoms with Gasteiger partial charge in [-0.25, -0.2) is 0 Å². The minimum Gasteiger partial charge on any atom is -0.398 e. The second-order valence-electron chi connectivity index (χ2n) is 4.57. The Balaban J connectivity index is 0.000000686. The third-order valence-corrected chi connectivity index (χ3v) is 3.66. The van der Waals surface area contributed by atoms with Gasteiger partial charge in [-0.1, -0.05) is 32.4 Å². The highest BCUT2D eigenvalue weighted by Crippen LogP contribution is 2.52. The first-order chi connectivity index (χ1) is 7.99. The van der Waals surface area contributed by atoms with E-state index in [9.17, 15) is 0 Å². The molecule has 0 heterocycles. The van der Waals surface area contributed by atoms with Gasteiger partial charge in [0.25, 0.3) is 0 Å². The summed E-state index contributed by atoms with van der Waals surface area (Å²) in [6.45, 7) is 8.21. The van der Waals surface area contributed by atoms with Gasteiger partial charge in [-0.05, 0) is 42.4 Å². The Hall–Kier alpha value is -1.02. The van der Waals surface area contributed by atoms with Crippen molar-refractivity contribution in [3.05, 3.63) is 27.8 Å². The molecule has 1 saturated carbocycles. The molecule has 0 spiro atoms. The van der Waals surface area contributed by atoms with E-state index in [2.05, 4.69) is 6.92 Å². The number of benzene rings is 1. The van der Waals surface area contributed by atoms with Gasteiger partial charge in [-0.2, -0.15) is 0 Å². The van der Waals surface area contributed by atoms with Crippen LogP contribution in [0.3, 0.4) is 0 Å². The van der Waals surface area contributed by atoms with Crippen LogP contribution in [0.5, 0.6) is 0 Å². The summed E-state index contributed by atoms with van der Waals surface area (Å²) in [6, 6.07) is 1.77. The van der Waals surface area contributed by atoms with Crippen molar-refractivity contribution in [3.8, 4) is 0 Å². The van der Waals surface area contributed by atoms with Crippen LogP contribution < -0.4 is 5.73 Å². The van der Waals surface area contributed by atoms with Gasteiger partial charge in [0, 0.05) is 22.5 Å². The normalized spacial score (nSPS) is 15.8. The van der Waals surface area contributed by atoms with Crippen molar-refractivity contribution in [1.82, 2.24) is 0 Å². The van der Waals surface area contributed by atoms with Crippen LogP contribution in [0, 0.1) is 12.3 Å². The maximum Gasteiger partial charge on any atom is 0.0467 e. The van der Waals surface area contributed by atoms with Crippen LogP contribution in [-0.4, -0.2) is 6.21 Å². The molecule has 1 aromatic rings. The van der Waals surface area contributed by atoms with Gasteiger partial charge >= 0.3 is 0 Å². The van der Waals surface area contributed by atoms with Crippen LogP contribution in [0.2, 0.25) is 5.02 Å². The van der Waals surface area contributed by atoms with E-state index < -0.39 is 0 Å². The van der Waals surface area contributed by atoms with Gasteiger partial charge in [0.2, 0.25) is 0 Å². The third kappa shape index (κ3) is 2.47. The number of halogens is 1. The van der Waals surface area contributed by atoms with Crippen molar-refractivity contribution in [1.29, 1.82) is 5.41 Å². The molecule has 1 fully saturated rings. The first-order valence-corrected chi connectivity index (χ1v) is 6.47. The highest BCUT2D eigenvalue weighted by Gasteiger charge is 2.42. The van der Waals surface area contributed by atoms with E-state index in [1.807, 2.05) is 20.8 Å². The number of rotatable bonds is 2. The Morgan fingerprint density at radius 1 is 1.41 bits per heavy atom. The zero-order valence-corrected chi connectivity index (χ0v) is 11.8. The lowest BCUT2D eigenvalue weighted by molar-refractivity contribution is 0.780. The van der Waals surface area contributed by atoms with Gasteiger partial charge in [0.05, 0.1) is 0 Å². The Bertz CT molecular complexity index is 434. The topological polar surface area (TPSA) is 49.9 Å². The minimum absolute atomic E-state index is 0.215. The van der Waals surface area contributed by atoms with Crippen LogP contribution in [0.4, 0.5) is 5.69 Å². The number of nitrogens with one attached hydrogen (secondary N) is 1. The monoisotopic (exact) mass is 252 g/mol. The van der Waals surface area contributed by atoms with E-state index in [4.69, 9.17) is 22.7 Å². The van der Waals surface area contributed by atoms with Crippen molar-refractivity contribution in [3.63, 3.8) is 0 Å². The molecule has 0 saturated heterocycles. The average Bonchev–Trinajstić information content (AvgIpc) is 2.99. The summed E-state index contributed by atoms with van der Waals surface area (Å²) in [4.78, 5) is 0. The fourth-order valence-electron chi connectivity index (χ4n) is 2.19. The Kier molecular flexibility index (Phi) is 4.21. The standard InChI is InChI=1S/C12H15ClN2.C2H6/c1-7-8(6-14)10(15)5-9(13)11(7)12(2)3-4-12;1-2/h5-6,14H,3-4,15H2,1-2H3;1-2H3. The van der Waals surface area contributed by atoms with Gasteiger partial charge in [0.1, 0.15) is 0 Å². The number of nitrogens with two attached hydrogens (primary N) is 1. The minimum atomic E-state index is 0.215. The molecule has 0 radical (unpaired) electrons. The summed E-state index contributed by atoms with van der Waals surface area (Å²) >= 11 is 6.23. The van der Waals surface area contributed by atoms with Gasteiger partial charge in [-0.3, -0.25) is 0 Å². The maximum atomic E-state index is 7.37. The van der Waals surface area contributed by atoms with Gasteiger partial charge in [0.15, 0.2) is 0 Å². The van der Waals surface area contributed by atoms with Gasteiger partial charge < -0.3 is 11.1 Å². The lowest BCUT2D eigenvalue weighted by Gasteiger charge is -2.18. The Morgan fingerprint density at radius 2 is 1.94 bits per heavy atom. The molecule has 0 aliphatic heterocycles. The molecule has 1 aliphatic rings. The van der Waals surface area contributed by atoms with Crippen molar-refractivity contribution < 1.29 is 0 Å². The molecular formula is C14H21ClN2. The van der Waals surface area contributed by atoms with Crippen LogP contribution in [0.15, 0.2) is 6.07 Å². The summed E-state index contributed by atoms with van der Waals surface area (Å²) in [7, 11) is 0. The summed E-state index contributed by atoms with van der Waals surface area (Å²) in [5.74, 6) is 0. The third-order valence-electron chi connectivity index (χ3n) is 3.36. The fourth-order valence-corrected chi connectivity index (χ4v) is 2.67. The highest BCUT2D eigenvalue weighted by atomic mass is 35.5. The van der Waals surface area contributed by atoms with Gasteiger partial charge in [-0.15, -0.1) is 0 Å². The highest BCUT2D eigenvalue weighted by molar-refractivity contribution is 6.32. The first kappa shape index (κ1) is 14.0. The SMILES string of the molecule is CC.Cc1c(C=N)c(N)cc(Cl)c1C1(C)CC1. The van der Waals surface area contributed by atoms with E-state index >= 15 is 0 Å². The molecular weight excluding hydrogens is 232 g/mol. The summed E-state index contributed by atoms with van der Waals surface area (Å²) in [6.07, 6.45) is 3.67. The Morgan fingerprint density at radius 3 is 2.35 bits per heavy atom. The molecule has 3 N–H and O–H groups in total. The summed E-state index contributed by atoms with van der Waals surface area (Å²) < 4.78 is 0. The predicted octanol–water partition coefficient (Wildman–Crippen LogP) is 4.31. The van der Waals surface area contributed by atoms with E-state index in [0.29, 0.717) is 5.69 Å². The van der Waals surface area contributed by atoms with E-state index in [1.54, 1.807) is 6.07 Å². The lowest BCUT2D eigenvalue weighted by atomic mass is 9.90. The molecule has 0 unspecified atom stereocenters. The molecule has 1 aliphatic carbocycles. The predicted molar refractivity (Wildman–Crippen MR) is 76.4 cm³/mol. The second-order valence-corrected chi connectivity index (χ2v) is 4.97. The molecule has 3 heteroatoms. The summed E-state index contributed by atoms with van der Waals surface area (Å²) in [5.41, 5.74) is 9.69. The molecule has 0 atom stereocenters. The van der Waals surface area contributed by atoms with Crippen molar-refractivity contribution >= 4 is 23.5 Å². The fraction of sp³-hybridized carbons (Fsp3) is 0.500. The van der Waals surface area contributed by atoms with Crippen molar-refractivity contribution in [2.45, 2.75) is 46.0 Å². The number of hydrogen-bond donors (Lipinski definition) is 2. The first-order valence-electron chi connectivity index (χ1n) is 6.09. The number of anilines is 1. The van der Waals surface area contributed by atoms with E-state index in [0.717, 1.165) is 16.1 Å².